The van der Waals surface area contributed by atoms with Gasteiger partial charge < -0.3 is 9.87 Å². The van der Waals surface area contributed by atoms with Gasteiger partial charge in [0.2, 0.25) is 5.91 Å². The van der Waals surface area contributed by atoms with Gasteiger partial charge in [0.15, 0.2) is 0 Å². The summed E-state index contributed by atoms with van der Waals surface area (Å²) in [6.07, 6.45) is 0.944. The fourth-order valence-corrected chi connectivity index (χ4v) is 1.34. The first-order valence-electron chi connectivity index (χ1n) is 4.64. The summed E-state index contributed by atoms with van der Waals surface area (Å²) in [6, 6.07) is 0. The number of rotatable bonds is 5. The highest BCUT2D eigenvalue weighted by atomic mass is 32.2. The molecule has 0 aromatic rings. The van der Waals surface area contributed by atoms with E-state index >= 15 is 0 Å². The molecule has 1 unspecified atom stereocenters. The lowest BCUT2D eigenvalue weighted by molar-refractivity contribution is -0.122. The van der Waals surface area contributed by atoms with E-state index in [1.54, 1.807) is 0 Å². The maximum atomic E-state index is 11.2. The van der Waals surface area contributed by atoms with Crippen molar-refractivity contribution in [1.29, 1.82) is 0 Å². The molecule has 0 aromatic carbocycles. The van der Waals surface area contributed by atoms with Crippen LogP contribution in [0, 0.1) is 5.41 Å². The monoisotopic (exact) mass is 220 g/mol. The van der Waals surface area contributed by atoms with Crippen molar-refractivity contribution >= 4 is 17.0 Å². The summed E-state index contributed by atoms with van der Waals surface area (Å²) >= 11 is -2.00. The largest absolute Gasteiger partial charge is 0.772 e. The molecule has 5 heteroatoms. The van der Waals surface area contributed by atoms with Gasteiger partial charge in [0.1, 0.15) is 0 Å². The number of nitrogens with one attached hydrogen (secondary N) is 1. The Labute approximate surface area is 87.7 Å². The fourth-order valence-electron chi connectivity index (χ4n) is 0.962. The number of carbonyl (C=O) groups excluding carboxylic acids is 1. The molecule has 0 fully saturated rings. The second-order valence-corrected chi connectivity index (χ2v) is 5.46. The molecule has 0 saturated heterocycles. The minimum atomic E-state index is -2.00. The molecule has 84 valence electrons. The van der Waals surface area contributed by atoms with Crippen LogP contribution in [-0.4, -0.2) is 27.0 Å². The first-order chi connectivity index (χ1) is 6.31. The highest BCUT2D eigenvalue weighted by Gasteiger charge is 2.14. The van der Waals surface area contributed by atoms with E-state index in [4.69, 9.17) is 0 Å². The van der Waals surface area contributed by atoms with Crippen LogP contribution in [0.5, 0.6) is 0 Å². The summed E-state index contributed by atoms with van der Waals surface area (Å²) in [5, 5.41) is 2.68. The highest BCUT2D eigenvalue weighted by molar-refractivity contribution is 7.79. The number of hydrogen-bond donors (Lipinski definition) is 1. The number of carbonyl (C=O) groups is 1. The minimum absolute atomic E-state index is 0.0193. The Hall–Kier alpha value is -0.420. The smallest absolute Gasteiger partial charge is 0.220 e. The summed E-state index contributed by atoms with van der Waals surface area (Å²) in [5.74, 6) is 0.0877. The van der Waals surface area contributed by atoms with Crippen LogP contribution < -0.4 is 5.32 Å². The van der Waals surface area contributed by atoms with E-state index in [-0.39, 0.29) is 17.1 Å². The lowest BCUT2D eigenvalue weighted by Crippen LogP contribution is -2.28. The summed E-state index contributed by atoms with van der Waals surface area (Å²) in [4.78, 5) is 11.2. The van der Waals surface area contributed by atoms with E-state index in [9.17, 15) is 13.6 Å². The lowest BCUT2D eigenvalue weighted by atomic mass is 9.92. The average Bonchev–Trinajstić information content (AvgIpc) is 1.94. The van der Waals surface area contributed by atoms with Gasteiger partial charge in [0, 0.05) is 18.7 Å². The van der Waals surface area contributed by atoms with E-state index < -0.39 is 11.1 Å². The van der Waals surface area contributed by atoms with Gasteiger partial charge in [-0.05, 0) is 11.8 Å². The van der Waals surface area contributed by atoms with Crippen LogP contribution in [0.3, 0.4) is 0 Å². The Morgan fingerprint density at radius 1 is 1.43 bits per heavy atom. The van der Waals surface area contributed by atoms with Crippen LogP contribution in [0.15, 0.2) is 0 Å². The van der Waals surface area contributed by atoms with Crippen molar-refractivity contribution in [3.63, 3.8) is 0 Å². The van der Waals surface area contributed by atoms with Crippen molar-refractivity contribution in [3.05, 3.63) is 0 Å². The van der Waals surface area contributed by atoms with Gasteiger partial charge >= 0.3 is 0 Å². The molecule has 0 saturated carbocycles. The third-order valence-corrected chi connectivity index (χ3v) is 2.12. The molecule has 0 aliphatic rings. The molecule has 1 atom stereocenters. The topological polar surface area (TPSA) is 69.2 Å². The molecule has 0 bridgehead atoms. The molecule has 0 rings (SSSR count). The molecule has 0 aromatic heterocycles. The van der Waals surface area contributed by atoms with Crippen LogP contribution in [0.1, 0.15) is 33.6 Å². The van der Waals surface area contributed by atoms with Crippen molar-refractivity contribution in [1.82, 2.24) is 5.32 Å². The molecule has 1 N–H and O–H groups in total. The van der Waals surface area contributed by atoms with Gasteiger partial charge in [0.05, 0.1) is 0 Å². The molecule has 1 amide bonds. The standard InChI is InChI=1S/C9H19NO3S/c1-9(2,3)7-8(11)10-5-4-6-14(12)13/h4-7H2,1-3H3,(H,10,11)(H,12,13)/p-1. The third kappa shape index (κ3) is 9.67. The van der Waals surface area contributed by atoms with Gasteiger partial charge in [-0.2, -0.15) is 0 Å². The first kappa shape index (κ1) is 13.6. The van der Waals surface area contributed by atoms with Crippen LogP contribution in [0.25, 0.3) is 0 Å². The Bertz CT molecular complexity index is 211. The maximum Gasteiger partial charge on any atom is 0.220 e. The number of hydrogen-bond acceptors (Lipinski definition) is 3. The Morgan fingerprint density at radius 2 is 2.00 bits per heavy atom. The van der Waals surface area contributed by atoms with Crippen molar-refractivity contribution < 1.29 is 13.6 Å². The summed E-state index contributed by atoms with van der Waals surface area (Å²) in [5.41, 5.74) is -0.0224. The van der Waals surface area contributed by atoms with Crippen LogP contribution in [-0.2, 0) is 15.9 Å². The Morgan fingerprint density at radius 3 is 2.43 bits per heavy atom. The molecule has 14 heavy (non-hydrogen) atoms. The van der Waals surface area contributed by atoms with Crippen LogP contribution in [0.4, 0.5) is 0 Å². The van der Waals surface area contributed by atoms with Crippen molar-refractivity contribution in [2.24, 2.45) is 5.41 Å². The third-order valence-electron chi connectivity index (χ3n) is 1.50. The van der Waals surface area contributed by atoms with E-state index in [0.717, 1.165) is 0 Å². The van der Waals surface area contributed by atoms with E-state index in [0.29, 0.717) is 19.4 Å². The summed E-state index contributed by atoms with van der Waals surface area (Å²) < 4.78 is 20.3. The molecule has 0 spiro atoms. The predicted octanol–water partition coefficient (Wildman–Crippen LogP) is 0.808. The molecular formula is C9H18NO3S-. The molecule has 0 aliphatic carbocycles. The van der Waals surface area contributed by atoms with Gasteiger partial charge in [-0.1, -0.05) is 31.9 Å². The predicted molar refractivity (Wildman–Crippen MR) is 55.5 cm³/mol. The van der Waals surface area contributed by atoms with Gasteiger partial charge in [0.25, 0.3) is 0 Å². The second kappa shape index (κ2) is 6.14. The zero-order chi connectivity index (χ0) is 11.2. The Kier molecular flexibility index (Phi) is 5.95. The normalized spacial score (nSPS) is 13.7. The van der Waals surface area contributed by atoms with Crippen molar-refractivity contribution in [3.8, 4) is 0 Å². The van der Waals surface area contributed by atoms with Crippen molar-refractivity contribution in [2.75, 3.05) is 12.3 Å². The zero-order valence-electron chi connectivity index (χ0n) is 8.96. The van der Waals surface area contributed by atoms with E-state index in [1.807, 2.05) is 20.8 Å². The molecule has 4 nitrogen and oxygen atoms in total. The molecule has 0 radical (unpaired) electrons. The maximum absolute atomic E-state index is 11.2. The first-order valence-corrected chi connectivity index (χ1v) is 5.88. The highest BCUT2D eigenvalue weighted by Crippen LogP contribution is 2.17. The molecule has 0 aliphatic heterocycles. The van der Waals surface area contributed by atoms with Gasteiger partial charge in [-0.3, -0.25) is 9.00 Å². The molecule has 0 heterocycles. The zero-order valence-corrected chi connectivity index (χ0v) is 9.78. The average molecular weight is 220 g/mol. The minimum Gasteiger partial charge on any atom is -0.772 e. The summed E-state index contributed by atoms with van der Waals surface area (Å²) in [6.45, 7) is 6.39. The summed E-state index contributed by atoms with van der Waals surface area (Å²) in [7, 11) is 0. The SMILES string of the molecule is CC(C)(C)CC(=O)NCCCS(=O)[O-]. The van der Waals surface area contributed by atoms with E-state index in [2.05, 4.69) is 5.32 Å². The Balaban J connectivity index is 3.50. The lowest BCUT2D eigenvalue weighted by Gasteiger charge is -2.17. The second-order valence-electron chi connectivity index (χ2n) is 4.45. The van der Waals surface area contributed by atoms with Crippen LogP contribution in [0.2, 0.25) is 0 Å². The molecular weight excluding hydrogens is 202 g/mol. The van der Waals surface area contributed by atoms with Gasteiger partial charge in [-0.25, -0.2) is 0 Å². The quantitative estimate of drug-likeness (QED) is 0.550. The number of amides is 1. The van der Waals surface area contributed by atoms with Crippen molar-refractivity contribution in [2.45, 2.75) is 33.6 Å². The van der Waals surface area contributed by atoms with Gasteiger partial charge in [-0.15, -0.1) is 0 Å². The van der Waals surface area contributed by atoms with E-state index in [1.165, 1.54) is 0 Å². The van der Waals surface area contributed by atoms with Crippen LogP contribution >= 0.6 is 0 Å². The fraction of sp³-hybridized carbons (Fsp3) is 0.889.